The van der Waals surface area contributed by atoms with Crippen molar-refractivity contribution in [2.45, 2.75) is 50.7 Å². The van der Waals surface area contributed by atoms with Crippen LogP contribution in [0, 0.1) is 18.2 Å². The summed E-state index contributed by atoms with van der Waals surface area (Å²) < 4.78 is 14.4. The van der Waals surface area contributed by atoms with Crippen LogP contribution in [0.4, 0.5) is 9.18 Å². The number of nitrogens with zero attached hydrogens (tertiary/aromatic N) is 5. The topological polar surface area (TPSA) is 93.2 Å². The van der Waals surface area contributed by atoms with E-state index in [1.54, 1.807) is 26.1 Å². The maximum Gasteiger partial charge on any atom is 0.320 e. The van der Waals surface area contributed by atoms with Crippen molar-refractivity contribution in [3.05, 3.63) is 63.5 Å². The van der Waals surface area contributed by atoms with Gasteiger partial charge < -0.3 is 20.4 Å². The van der Waals surface area contributed by atoms with Crippen LogP contribution in [0.1, 0.15) is 48.4 Å². The molecule has 1 aromatic carbocycles. The quantitative estimate of drug-likeness (QED) is 0.540. The molecule has 3 amide bonds. The third kappa shape index (κ3) is 4.21. The molecule has 4 heterocycles. The smallest absolute Gasteiger partial charge is 0.320 e. The Balaban J connectivity index is 1.04. The molecule has 2 atom stereocenters. The van der Waals surface area contributed by atoms with Gasteiger partial charge in [-0.3, -0.25) is 14.7 Å². The second-order valence-electron chi connectivity index (χ2n) is 12.2. The lowest BCUT2D eigenvalue weighted by atomic mass is 9.38. The van der Waals surface area contributed by atoms with Gasteiger partial charge in [-0.2, -0.15) is 0 Å². The molecule has 11 heteroatoms. The second-order valence-corrected chi connectivity index (χ2v) is 13.1. The number of piperazine rings is 1. The number of halogens is 1. The molecule has 3 aliphatic heterocycles. The van der Waals surface area contributed by atoms with Gasteiger partial charge in [0.25, 0.3) is 0 Å². The van der Waals surface area contributed by atoms with Gasteiger partial charge in [0.1, 0.15) is 5.82 Å². The van der Waals surface area contributed by atoms with Crippen LogP contribution in [0.2, 0.25) is 0 Å². The van der Waals surface area contributed by atoms with Crippen LogP contribution >= 0.6 is 11.3 Å². The molecule has 2 N–H and O–H groups in total. The Labute approximate surface area is 237 Å². The van der Waals surface area contributed by atoms with E-state index in [1.165, 1.54) is 17.4 Å². The molecule has 0 unspecified atom stereocenters. The fourth-order valence-corrected chi connectivity index (χ4v) is 8.10. The van der Waals surface area contributed by atoms with Gasteiger partial charge in [0.2, 0.25) is 5.91 Å². The van der Waals surface area contributed by atoms with Gasteiger partial charge in [0.15, 0.2) is 10.8 Å². The highest BCUT2D eigenvalue weighted by molar-refractivity contribution is 7.11. The minimum Gasteiger partial charge on any atom is -0.356 e. The van der Waals surface area contributed by atoms with Crippen molar-refractivity contribution in [3.8, 4) is 0 Å². The number of carbonyl (C=O) groups is 2. The van der Waals surface area contributed by atoms with E-state index < -0.39 is 0 Å². The molecular formula is C29H34FN7O2S. The predicted octanol–water partition coefficient (Wildman–Crippen LogP) is 3.05. The van der Waals surface area contributed by atoms with E-state index in [2.05, 4.69) is 36.4 Å². The first-order valence-corrected chi connectivity index (χ1v) is 14.9. The number of hydrogen-bond acceptors (Lipinski definition) is 7. The first kappa shape index (κ1) is 25.6. The fraction of sp³-hybridized carbons (Fsp3) is 0.517. The van der Waals surface area contributed by atoms with Crippen LogP contribution in [0.3, 0.4) is 0 Å². The number of nitrogens with one attached hydrogen (secondary N) is 2. The minimum atomic E-state index is -0.301. The second kappa shape index (κ2) is 9.37. The van der Waals surface area contributed by atoms with Gasteiger partial charge >= 0.3 is 6.03 Å². The van der Waals surface area contributed by atoms with E-state index in [-0.39, 0.29) is 40.8 Å². The van der Waals surface area contributed by atoms with Crippen LogP contribution in [0.15, 0.2) is 46.5 Å². The molecule has 40 heavy (non-hydrogen) atoms. The zero-order valence-electron chi connectivity index (χ0n) is 22.8. The summed E-state index contributed by atoms with van der Waals surface area (Å²) >= 11 is 1.52. The predicted molar refractivity (Wildman–Crippen MR) is 150 cm³/mol. The fourth-order valence-electron chi connectivity index (χ4n) is 7.52. The van der Waals surface area contributed by atoms with E-state index in [0.717, 1.165) is 61.7 Å². The van der Waals surface area contributed by atoms with Gasteiger partial charge in [-0.15, -0.1) is 11.3 Å². The Morgan fingerprint density at radius 2 is 2.08 bits per heavy atom. The number of benzene rings is 1. The van der Waals surface area contributed by atoms with E-state index in [0.29, 0.717) is 24.5 Å². The van der Waals surface area contributed by atoms with Crippen molar-refractivity contribution in [2.24, 2.45) is 10.4 Å². The van der Waals surface area contributed by atoms with Crippen molar-refractivity contribution in [1.82, 2.24) is 30.3 Å². The summed E-state index contributed by atoms with van der Waals surface area (Å²) in [4.78, 5) is 40.7. The number of aromatic nitrogens is 1. The number of amidine groups is 1. The Kier molecular flexibility index (Phi) is 6.01. The minimum absolute atomic E-state index is 0.0123. The van der Waals surface area contributed by atoms with Crippen molar-refractivity contribution in [3.63, 3.8) is 0 Å². The SMILES string of the molecule is CC(=O)NCC12CC(N3C[C@@H]4CN(CC5=C[C@@H](c6cccc(F)c6C)N=C(c6nccs6)N5)CCN4C3=O)(C1)C2. The number of thiazole rings is 1. The lowest BCUT2D eigenvalue weighted by Gasteiger charge is -2.73. The third-order valence-electron chi connectivity index (χ3n) is 9.40. The first-order valence-electron chi connectivity index (χ1n) is 14.0. The molecule has 8 rings (SSSR count). The number of amides is 3. The highest BCUT2D eigenvalue weighted by Gasteiger charge is 2.72. The molecule has 2 saturated heterocycles. The molecule has 1 aromatic heterocycles. The summed E-state index contributed by atoms with van der Waals surface area (Å²) in [5, 5.41) is 9.19. The lowest BCUT2D eigenvalue weighted by Crippen LogP contribution is -2.77. The zero-order valence-corrected chi connectivity index (χ0v) is 23.6. The lowest BCUT2D eigenvalue weighted by molar-refractivity contribution is -0.197. The van der Waals surface area contributed by atoms with Crippen LogP contribution in [0.5, 0.6) is 0 Å². The van der Waals surface area contributed by atoms with E-state index in [9.17, 15) is 14.0 Å². The van der Waals surface area contributed by atoms with Crippen molar-refractivity contribution in [2.75, 3.05) is 39.3 Å². The first-order chi connectivity index (χ1) is 19.2. The molecule has 9 nitrogen and oxygen atoms in total. The zero-order chi connectivity index (χ0) is 27.6. The van der Waals surface area contributed by atoms with E-state index in [4.69, 9.17) is 4.99 Å². The van der Waals surface area contributed by atoms with E-state index in [1.807, 2.05) is 11.4 Å². The van der Waals surface area contributed by atoms with E-state index >= 15 is 0 Å². The summed E-state index contributed by atoms with van der Waals surface area (Å²) in [6, 6.07) is 5.20. The number of aliphatic imine (C=N–C) groups is 1. The maximum absolute atomic E-state index is 14.4. The number of fused-ring (bicyclic) bond motifs is 1. The molecule has 2 bridgehead atoms. The monoisotopic (exact) mass is 563 g/mol. The highest BCUT2D eigenvalue weighted by atomic mass is 32.1. The summed E-state index contributed by atoms with van der Waals surface area (Å²) in [6.07, 6.45) is 6.83. The van der Waals surface area contributed by atoms with Crippen molar-refractivity contribution >= 4 is 29.1 Å². The number of rotatable bonds is 7. The molecule has 5 fully saturated rings. The number of hydrogen-bond donors (Lipinski definition) is 2. The Morgan fingerprint density at radius 3 is 2.83 bits per heavy atom. The summed E-state index contributed by atoms with van der Waals surface area (Å²) in [5.41, 5.74) is 2.65. The molecular weight excluding hydrogens is 529 g/mol. The summed E-state index contributed by atoms with van der Waals surface area (Å²) in [6.45, 7) is 7.84. The Morgan fingerprint density at radius 1 is 1.25 bits per heavy atom. The molecule has 6 aliphatic rings. The number of carbonyl (C=O) groups excluding carboxylic acids is 2. The molecule has 210 valence electrons. The van der Waals surface area contributed by atoms with Crippen LogP contribution in [-0.2, 0) is 4.79 Å². The maximum atomic E-state index is 14.4. The van der Waals surface area contributed by atoms with Gasteiger partial charge in [-0.25, -0.2) is 14.2 Å². The molecule has 3 saturated carbocycles. The average molecular weight is 564 g/mol. The van der Waals surface area contributed by atoms with Gasteiger partial charge in [-0.1, -0.05) is 12.1 Å². The van der Waals surface area contributed by atoms with Crippen LogP contribution < -0.4 is 10.6 Å². The average Bonchev–Trinajstić information content (AvgIpc) is 3.53. The third-order valence-corrected chi connectivity index (χ3v) is 10.2. The highest BCUT2D eigenvalue weighted by Crippen LogP contribution is 2.70. The molecule has 3 aliphatic carbocycles. The molecule has 0 radical (unpaired) electrons. The molecule has 2 aromatic rings. The summed E-state index contributed by atoms with van der Waals surface area (Å²) in [7, 11) is 0. The van der Waals surface area contributed by atoms with Crippen molar-refractivity contribution < 1.29 is 14.0 Å². The normalized spacial score (nSPS) is 31.0. The van der Waals surface area contributed by atoms with Gasteiger partial charge in [0, 0.05) is 69.0 Å². The Hall–Kier alpha value is -3.31. The largest absolute Gasteiger partial charge is 0.356 e. The number of urea groups is 1. The van der Waals surface area contributed by atoms with Gasteiger partial charge in [-0.05, 0) is 54.9 Å². The Bertz CT molecular complexity index is 1400. The summed E-state index contributed by atoms with van der Waals surface area (Å²) in [5.74, 6) is 0.491. The van der Waals surface area contributed by atoms with Crippen LogP contribution in [-0.4, -0.2) is 88.3 Å². The standard InChI is InChI=1S/C29H34FN7O2S/c1-18-22(4-3-5-23(18)30)24-10-20(33-25(34-24)26-31-6-9-40-26)11-35-7-8-36-21(12-35)13-37(27(36)39)29-14-28(15-29,16-29)17-32-19(2)38/h3-6,9-10,21,24H,7-8,11-17H2,1-2H3,(H,32,38)(H,33,34)/t21-,24-,28?,29?/m0/s1. The van der Waals surface area contributed by atoms with Crippen molar-refractivity contribution in [1.29, 1.82) is 0 Å². The molecule has 0 spiro atoms. The van der Waals surface area contributed by atoms with Gasteiger partial charge in [0.05, 0.1) is 12.1 Å². The van der Waals surface area contributed by atoms with Crippen LogP contribution in [0.25, 0.3) is 0 Å².